The summed E-state index contributed by atoms with van der Waals surface area (Å²) in [5, 5.41) is 3.87. The van der Waals surface area contributed by atoms with Gasteiger partial charge in [0.25, 0.3) is 0 Å². The van der Waals surface area contributed by atoms with Gasteiger partial charge in [0.1, 0.15) is 0 Å². The first-order chi connectivity index (χ1) is 12.1. The van der Waals surface area contributed by atoms with Crippen molar-refractivity contribution in [3.8, 4) is 0 Å². The lowest BCUT2D eigenvalue weighted by Crippen LogP contribution is -2.57. The number of hydrogen-bond acceptors (Lipinski definition) is 2. The number of fused-ring (bicyclic) bond motifs is 3. The molecule has 1 aliphatic carbocycles. The van der Waals surface area contributed by atoms with Crippen LogP contribution in [-0.2, 0) is 6.42 Å². The second-order valence-corrected chi connectivity index (χ2v) is 7.82. The van der Waals surface area contributed by atoms with E-state index in [2.05, 4.69) is 34.5 Å². The normalized spacial score (nSPS) is 31.2. The predicted molar refractivity (Wildman–Crippen MR) is 101 cm³/mol. The monoisotopic (exact) mass is 357 g/mol. The molecule has 4 nitrogen and oxygen atoms in total. The highest BCUT2D eigenvalue weighted by Crippen LogP contribution is 2.44. The van der Waals surface area contributed by atoms with E-state index in [1.54, 1.807) is 0 Å². The summed E-state index contributed by atoms with van der Waals surface area (Å²) in [5.41, 5.74) is 7.90. The number of nitrogens with zero attached hydrogens (tertiary/aromatic N) is 1. The van der Waals surface area contributed by atoms with Crippen LogP contribution in [-0.4, -0.2) is 29.6 Å². The number of rotatable bonds is 2. The largest absolute Gasteiger partial charge is 0.352 e. The summed E-state index contributed by atoms with van der Waals surface area (Å²) >= 11 is 6.19. The number of carbonyl (C=O) groups excluding carboxylic acids is 1. The second kappa shape index (κ2) is 6.50. The Morgan fingerprint density at radius 3 is 2.96 bits per heavy atom. The van der Waals surface area contributed by atoms with Crippen LogP contribution in [0.5, 0.6) is 0 Å². The highest BCUT2D eigenvalue weighted by atomic mass is 35.5. The SMILES string of the molecule is NC(=O)NC1(C2CCN3CCc4cc(Cl)ccc4C3C2)C=CC=CC1. The molecule has 25 heavy (non-hydrogen) atoms. The number of urea groups is 1. The van der Waals surface area contributed by atoms with Crippen molar-refractivity contribution in [1.82, 2.24) is 10.2 Å². The van der Waals surface area contributed by atoms with Crippen LogP contribution in [0, 0.1) is 5.92 Å². The van der Waals surface area contributed by atoms with Crippen LogP contribution in [0.4, 0.5) is 4.79 Å². The first-order valence-corrected chi connectivity index (χ1v) is 9.39. The van der Waals surface area contributed by atoms with Gasteiger partial charge in [0, 0.05) is 17.6 Å². The van der Waals surface area contributed by atoms with E-state index in [0.717, 1.165) is 43.8 Å². The Morgan fingerprint density at radius 1 is 1.32 bits per heavy atom. The van der Waals surface area contributed by atoms with E-state index in [1.807, 2.05) is 18.2 Å². The number of nitrogens with one attached hydrogen (secondary N) is 1. The van der Waals surface area contributed by atoms with Crippen molar-refractivity contribution in [1.29, 1.82) is 0 Å². The van der Waals surface area contributed by atoms with Gasteiger partial charge in [-0.1, -0.05) is 42.0 Å². The van der Waals surface area contributed by atoms with Crippen molar-refractivity contribution in [3.63, 3.8) is 0 Å². The van der Waals surface area contributed by atoms with E-state index < -0.39 is 6.03 Å². The predicted octanol–water partition coefficient (Wildman–Crippen LogP) is 3.57. The minimum Gasteiger partial charge on any atom is -0.352 e. The van der Waals surface area contributed by atoms with Crippen molar-refractivity contribution >= 4 is 17.6 Å². The van der Waals surface area contributed by atoms with Gasteiger partial charge < -0.3 is 11.1 Å². The number of halogens is 1. The number of carbonyl (C=O) groups is 1. The Labute approximate surface area is 153 Å². The van der Waals surface area contributed by atoms with Crippen LogP contribution < -0.4 is 11.1 Å². The van der Waals surface area contributed by atoms with Crippen molar-refractivity contribution in [2.45, 2.75) is 37.3 Å². The number of piperidine rings is 1. The summed E-state index contributed by atoms with van der Waals surface area (Å²) in [6, 6.07) is 6.23. The number of primary amides is 1. The molecule has 3 N–H and O–H groups in total. The smallest absolute Gasteiger partial charge is 0.312 e. The third-order valence-electron chi connectivity index (χ3n) is 6.03. The molecule has 1 aromatic carbocycles. The molecule has 132 valence electrons. The molecule has 3 aliphatic rings. The number of benzene rings is 1. The zero-order valence-corrected chi connectivity index (χ0v) is 15.0. The summed E-state index contributed by atoms with van der Waals surface area (Å²) in [4.78, 5) is 14.2. The average molecular weight is 358 g/mol. The van der Waals surface area contributed by atoms with E-state index in [4.69, 9.17) is 17.3 Å². The van der Waals surface area contributed by atoms with Crippen molar-refractivity contribution in [2.24, 2.45) is 11.7 Å². The number of amides is 2. The van der Waals surface area contributed by atoms with Crippen LogP contribution in [0.3, 0.4) is 0 Å². The molecule has 1 saturated heterocycles. The first kappa shape index (κ1) is 16.7. The van der Waals surface area contributed by atoms with Crippen molar-refractivity contribution in [3.05, 3.63) is 58.7 Å². The summed E-state index contributed by atoms with van der Waals surface area (Å²) in [6.07, 6.45) is 12.3. The first-order valence-electron chi connectivity index (χ1n) is 9.02. The van der Waals surface area contributed by atoms with Crippen LogP contribution >= 0.6 is 11.6 Å². The van der Waals surface area contributed by atoms with Crippen molar-refractivity contribution < 1.29 is 4.79 Å². The molecule has 3 unspecified atom stereocenters. The maximum Gasteiger partial charge on any atom is 0.312 e. The molecule has 2 heterocycles. The molecule has 4 rings (SSSR count). The molecule has 0 aromatic heterocycles. The van der Waals surface area contributed by atoms with Gasteiger partial charge in [-0.05, 0) is 61.4 Å². The van der Waals surface area contributed by atoms with Gasteiger partial charge in [-0.2, -0.15) is 0 Å². The van der Waals surface area contributed by atoms with Gasteiger partial charge in [0.2, 0.25) is 0 Å². The van der Waals surface area contributed by atoms with Crippen LogP contribution in [0.1, 0.15) is 36.4 Å². The Kier molecular flexibility index (Phi) is 4.34. The molecule has 2 aliphatic heterocycles. The van der Waals surface area contributed by atoms with E-state index in [-0.39, 0.29) is 5.54 Å². The second-order valence-electron chi connectivity index (χ2n) is 7.39. The summed E-state index contributed by atoms with van der Waals surface area (Å²) in [6.45, 7) is 2.13. The van der Waals surface area contributed by atoms with E-state index in [9.17, 15) is 4.79 Å². The fourth-order valence-corrected chi connectivity index (χ4v) is 5.01. The van der Waals surface area contributed by atoms with Crippen LogP contribution in [0.2, 0.25) is 5.02 Å². The Bertz CT molecular complexity index is 744. The standard InChI is InChI=1S/C20H24ClN3O/c21-16-4-5-17-14(12-16)6-10-24-11-7-15(13-18(17)24)20(23-19(22)25)8-2-1-3-9-20/h1-5,8,12,15,18H,6-7,9-11,13H2,(H3,22,23,25). The minimum atomic E-state index is -0.446. The zero-order chi connectivity index (χ0) is 17.4. The van der Waals surface area contributed by atoms with Gasteiger partial charge in [0.15, 0.2) is 0 Å². The lowest BCUT2D eigenvalue weighted by Gasteiger charge is -2.49. The van der Waals surface area contributed by atoms with Gasteiger partial charge in [0.05, 0.1) is 5.54 Å². The highest BCUT2D eigenvalue weighted by molar-refractivity contribution is 6.30. The number of allylic oxidation sites excluding steroid dienone is 2. The lowest BCUT2D eigenvalue weighted by atomic mass is 9.70. The molecular weight excluding hydrogens is 334 g/mol. The number of nitrogens with two attached hydrogens (primary N) is 1. The maximum atomic E-state index is 11.7. The third-order valence-corrected chi connectivity index (χ3v) is 6.26. The zero-order valence-electron chi connectivity index (χ0n) is 14.2. The molecule has 5 heteroatoms. The molecule has 0 saturated carbocycles. The maximum absolute atomic E-state index is 11.7. The van der Waals surface area contributed by atoms with E-state index >= 15 is 0 Å². The fourth-order valence-electron chi connectivity index (χ4n) is 4.82. The minimum absolute atomic E-state index is 0.364. The quantitative estimate of drug-likeness (QED) is 0.850. The molecule has 1 aromatic rings. The van der Waals surface area contributed by atoms with Gasteiger partial charge in [-0.15, -0.1) is 0 Å². The van der Waals surface area contributed by atoms with Crippen LogP contribution in [0.25, 0.3) is 0 Å². The third kappa shape index (κ3) is 3.09. The number of hydrogen-bond donors (Lipinski definition) is 2. The topological polar surface area (TPSA) is 58.4 Å². The fraction of sp³-hybridized carbons (Fsp3) is 0.450. The van der Waals surface area contributed by atoms with Gasteiger partial charge in [-0.3, -0.25) is 4.90 Å². The van der Waals surface area contributed by atoms with Crippen LogP contribution in [0.15, 0.2) is 42.5 Å². The van der Waals surface area contributed by atoms with Gasteiger partial charge >= 0.3 is 6.03 Å². The average Bonchev–Trinajstić information content (AvgIpc) is 2.61. The van der Waals surface area contributed by atoms with E-state index in [1.165, 1.54) is 11.1 Å². The van der Waals surface area contributed by atoms with Crippen molar-refractivity contribution in [2.75, 3.05) is 13.1 Å². The Morgan fingerprint density at radius 2 is 2.20 bits per heavy atom. The molecular formula is C20H24ClN3O. The highest BCUT2D eigenvalue weighted by Gasteiger charge is 2.43. The molecule has 0 radical (unpaired) electrons. The summed E-state index contributed by atoms with van der Waals surface area (Å²) in [5.74, 6) is 0.365. The molecule has 1 fully saturated rings. The molecule has 0 bridgehead atoms. The van der Waals surface area contributed by atoms with E-state index in [0.29, 0.717) is 12.0 Å². The molecule has 0 spiro atoms. The Balaban J connectivity index is 1.64. The lowest BCUT2D eigenvalue weighted by molar-refractivity contribution is 0.0716. The Hall–Kier alpha value is -1.78. The summed E-state index contributed by atoms with van der Waals surface area (Å²) in [7, 11) is 0. The summed E-state index contributed by atoms with van der Waals surface area (Å²) < 4.78 is 0. The molecule has 3 atom stereocenters. The molecule has 2 amide bonds. The van der Waals surface area contributed by atoms with Gasteiger partial charge in [-0.25, -0.2) is 4.79 Å².